The number of rotatable bonds is 5. The van der Waals surface area contributed by atoms with Crippen molar-refractivity contribution < 1.29 is 19.1 Å². The maximum Gasteiger partial charge on any atom is 0.325 e. The third-order valence-corrected chi connectivity index (χ3v) is 7.10. The van der Waals surface area contributed by atoms with Gasteiger partial charge >= 0.3 is 6.03 Å². The van der Waals surface area contributed by atoms with Gasteiger partial charge in [0.05, 0.1) is 7.11 Å². The number of hydrogen-bond donors (Lipinski definition) is 2. The van der Waals surface area contributed by atoms with Crippen LogP contribution in [0.1, 0.15) is 45.4 Å². The smallest absolute Gasteiger partial charge is 0.325 e. The van der Waals surface area contributed by atoms with Gasteiger partial charge in [-0.1, -0.05) is 19.8 Å². The van der Waals surface area contributed by atoms with Gasteiger partial charge in [-0.3, -0.25) is 14.5 Å². The lowest BCUT2D eigenvalue weighted by atomic mass is 9.73. The Morgan fingerprint density at radius 1 is 1.16 bits per heavy atom. The minimum Gasteiger partial charge on any atom is -0.497 e. The molecule has 2 unspecified atom stereocenters. The minimum atomic E-state index is -0.820. The van der Waals surface area contributed by atoms with Crippen LogP contribution >= 0.6 is 0 Å². The van der Waals surface area contributed by atoms with Crippen LogP contribution < -0.4 is 20.3 Å². The van der Waals surface area contributed by atoms with Crippen LogP contribution in [-0.2, 0) is 9.59 Å². The first-order valence-corrected chi connectivity index (χ1v) is 11.3. The summed E-state index contributed by atoms with van der Waals surface area (Å²) in [5.74, 6) is 0.407. The van der Waals surface area contributed by atoms with Crippen LogP contribution in [0.3, 0.4) is 0 Å². The summed E-state index contributed by atoms with van der Waals surface area (Å²) in [5, 5.41) is 5.92. The van der Waals surface area contributed by atoms with Crippen molar-refractivity contribution in [2.45, 2.75) is 57.0 Å². The molecular weight excluding hydrogens is 396 g/mol. The van der Waals surface area contributed by atoms with Crippen LogP contribution in [0.15, 0.2) is 24.3 Å². The third-order valence-electron chi connectivity index (χ3n) is 7.10. The van der Waals surface area contributed by atoms with E-state index in [1.807, 2.05) is 31.2 Å². The molecule has 4 amide bonds. The number of hydrogen-bond acceptors (Lipinski definition) is 5. The number of anilines is 1. The fraction of sp³-hybridized carbons (Fsp3) is 0.609. The average Bonchev–Trinajstić information content (AvgIpc) is 3.01. The Balaban J connectivity index is 1.28. The number of carbonyl (C=O) groups excluding carboxylic acids is 3. The highest BCUT2D eigenvalue weighted by molar-refractivity contribution is 6.09. The molecule has 2 atom stereocenters. The number of nitrogens with one attached hydrogen (secondary N) is 2. The maximum atomic E-state index is 13.0. The molecule has 1 spiro atoms. The van der Waals surface area contributed by atoms with Crippen molar-refractivity contribution in [2.75, 3.05) is 31.6 Å². The molecule has 8 heteroatoms. The monoisotopic (exact) mass is 428 g/mol. The summed E-state index contributed by atoms with van der Waals surface area (Å²) in [6, 6.07) is 7.57. The molecule has 0 radical (unpaired) electrons. The van der Waals surface area contributed by atoms with E-state index in [2.05, 4.69) is 15.5 Å². The van der Waals surface area contributed by atoms with Crippen molar-refractivity contribution in [3.8, 4) is 5.75 Å². The molecular formula is C23H32N4O4. The van der Waals surface area contributed by atoms with Gasteiger partial charge in [0.2, 0.25) is 5.91 Å². The number of nitrogens with zero attached hydrogens (tertiary/aromatic N) is 2. The summed E-state index contributed by atoms with van der Waals surface area (Å²) in [5.41, 5.74) is 0.316. The van der Waals surface area contributed by atoms with Crippen molar-refractivity contribution in [3.63, 3.8) is 0 Å². The Morgan fingerprint density at radius 3 is 2.52 bits per heavy atom. The van der Waals surface area contributed by atoms with Gasteiger partial charge in [0.25, 0.3) is 5.91 Å². The van der Waals surface area contributed by atoms with Crippen LogP contribution in [0.2, 0.25) is 0 Å². The number of piperidine rings is 1. The van der Waals surface area contributed by atoms with Crippen LogP contribution in [0.4, 0.5) is 10.5 Å². The first kappa shape index (κ1) is 21.5. The molecule has 1 aliphatic carbocycles. The van der Waals surface area contributed by atoms with Crippen molar-refractivity contribution >= 4 is 23.5 Å². The predicted octanol–water partition coefficient (Wildman–Crippen LogP) is 2.28. The minimum absolute atomic E-state index is 0.0466. The molecule has 31 heavy (non-hydrogen) atoms. The Bertz CT molecular complexity index is 834. The largest absolute Gasteiger partial charge is 0.497 e. The SMILES string of the molecule is COc1ccc(N2CCC(NC(=O)CN3C(=O)NC4(CCCCC4C)C3=O)CC2)cc1. The topological polar surface area (TPSA) is 91.0 Å². The first-order valence-electron chi connectivity index (χ1n) is 11.3. The molecule has 2 aliphatic heterocycles. The molecule has 0 bridgehead atoms. The molecule has 3 fully saturated rings. The van der Waals surface area contributed by atoms with Crippen LogP contribution in [0, 0.1) is 5.92 Å². The predicted molar refractivity (Wildman–Crippen MR) is 117 cm³/mol. The molecule has 1 aromatic carbocycles. The lowest BCUT2D eigenvalue weighted by molar-refractivity contribution is -0.137. The number of imide groups is 1. The van der Waals surface area contributed by atoms with Crippen molar-refractivity contribution in [1.82, 2.24) is 15.5 Å². The molecule has 2 heterocycles. The Morgan fingerprint density at radius 2 is 1.87 bits per heavy atom. The van der Waals surface area contributed by atoms with Gasteiger partial charge in [-0.25, -0.2) is 4.79 Å². The van der Waals surface area contributed by atoms with Crippen molar-refractivity contribution in [1.29, 1.82) is 0 Å². The maximum absolute atomic E-state index is 13.0. The zero-order valence-electron chi connectivity index (χ0n) is 18.4. The van der Waals surface area contributed by atoms with E-state index >= 15 is 0 Å². The average molecular weight is 429 g/mol. The van der Waals surface area contributed by atoms with Gasteiger partial charge in [0, 0.05) is 24.8 Å². The van der Waals surface area contributed by atoms with E-state index in [0.29, 0.717) is 6.42 Å². The zero-order chi connectivity index (χ0) is 22.0. The fourth-order valence-electron chi connectivity index (χ4n) is 5.13. The van der Waals surface area contributed by atoms with E-state index in [0.717, 1.165) is 61.5 Å². The third kappa shape index (κ3) is 4.20. The second-order valence-corrected chi connectivity index (χ2v) is 8.97. The van der Waals surface area contributed by atoms with E-state index in [1.165, 1.54) is 0 Å². The molecule has 2 saturated heterocycles. The highest BCUT2D eigenvalue weighted by atomic mass is 16.5. The van der Waals surface area contributed by atoms with Gasteiger partial charge in [0.15, 0.2) is 0 Å². The van der Waals surface area contributed by atoms with E-state index in [4.69, 9.17) is 4.74 Å². The van der Waals surface area contributed by atoms with Gasteiger partial charge in [-0.05, 0) is 55.9 Å². The van der Waals surface area contributed by atoms with Crippen LogP contribution in [0.25, 0.3) is 0 Å². The molecule has 8 nitrogen and oxygen atoms in total. The number of benzene rings is 1. The molecule has 3 aliphatic rings. The second-order valence-electron chi connectivity index (χ2n) is 8.97. The Hall–Kier alpha value is -2.77. The second kappa shape index (κ2) is 8.77. The van der Waals surface area contributed by atoms with Gasteiger partial charge in [0.1, 0.15) is 17.8 Å². The van der Waals surface area contributed by atoms with Crippen LogP contribution in [-0.4, -0.2) is 61.1 Å². The first-order chi connectivity index (χ1) is 14.9. The molecule has 2 N–H and O–H groups in total. The van der Waals surface area contributed by atoms with E-state index in [9.17, 15) is 14.4 Å². The van der Waals surface area contributed by atoms with Crippen molar-refractivity contribution in [3.05, 3.63) is 24.3 Å². The molecule has 1 aromatic rings. The number of carbonyl (C=O) groups is 3. The van der Waals surface area contributed by atoms with Crippen LogP contribution in [0.5, 0.6) is 5.75 Å². The summed E-state index contributed by atoms with van der Waals surface area (Å²) in [4.78, 5) is 41.5. The highest BCUT2D eigenvalue weighted by Gasteiger charge is 2.55. The van der Waals surface area contributed by atoms with Gasteiger partial charge in [-0.2, -0.15) is 0 Å². The summed E-state index contributed by atoms with van der Waals surface area (Å²) < 4.78 is 5.21. The zero-order valence-corrected chi connectivity index (χ0v) is 18.4. The fourth-order valence-corrected chi connectivity index (χ4v) is 5.13. The van der Waals surface area contributed by atoms with Gasteiger partial charge in [-0.15, -0.1) is 0 Å². The molecule has 0 aromatic heterocycles. The quantitative estimate of drug-likeness (QED) is 0.702. The summed E-state index contributed by atoms with van der Waals surface area (Å²) in [6.45, 7) is 3.47. The normalized spacial score (nSPS) is 26.8. The lowest BCUT2D eigenvalue weighted by Gasteiger charge is -2.37. The van der Waals surface area contributed by atoms with E-state index in [-0.39, 0.29) is 30.3 Å². The molecule has 1 saturated carbocycles. The molecule has 4 rings (SSSR count). The summed E-state index contributed by atoms with van der Waals surface area (Å²) >= 11 is 0. The van der Waals surface area contributed by atoms with Crippen molar-refractivity contribution in [2.24, 2.45) is 5.92 Å². The number of urea groups is 1. The lowest BCUT2D eigenvalue weighted by Crippen LogP contribution is -2.54. The molecule has 168 valence electrons. The summed E-state index contributed by atoms with van der Waals surface area (Å²) in [7, 11) is 1.65. The number of methoxy groups -OCH3 is 1. The summed E-state index contributed by atoms with van der Waals surface area (Å²) in [6.07, 6.45) is 5.20. The van der Waals surface area contributed by atoms with E-state index in [1.54, 1.807) is 7.11 Å². The standard InChI is InChI=1S/C23H32N4O4/c1-16-5-3-4-12-23(16)21(29)27(22(30)25-23)15-20(28)24-17-10-13-26(14-11-17)18-6-8-19(31-2)9-7-18/h6-9,16-17H,3-5,10-15H2,1-2H3,(H,24,28)(H,25,30). The highest BCUT2D eigenvalue weighted by Crippen LogP contribution is 2.38. The Kier molecular flexibility index (Phi) is 6.07. The Labute approximate surface area is 183 Å². The number of amides is 4. The van der Waals surface area contributed by atoms with E-state index < -0.39 is 11.6 Å². The number of ether oxygens (including phenoxy) is 1. The van der Waals surface area contributed by atoms with Gasteiger partial charge < -0.3 is 20.3 Å².